The summed E-state index contributed by atoms with van der Waals surface area (Å²) >= 11 is 1.44. The fraction of sp³-hybridized carbons (Fsp3) is 0.263. The van der Waals surface area contributed by atoms with Crippen LogP contribution in [0.4, 0.5) is 5.82 Å². The zero-order valence-electron chi connectivity index (χ0n) is 14.8. The Morgan fingerprint density at radius 3 is 2.59 bits per heavy atom. The van der Waals surface area contributed by atoms with Crippen LogP contribution < -0.4 is 4.90 Å². The molecule has 4 rings (SSSR count). The van der Waals surface area contributed by atoms with E-state index >= 15 is 0 Å². The molecule has 1 aromatic carbocycles. The molecule has 1 saturated heterocycles. The van der Waals surface area contributed by atoms with Gasteiger partial charge in [-0.1, -0.05) is 42.1 Å². The van der Waals surface area contributed by atoms with Gasteiger partial charge >= 0.3 is 0 Å². The molecule has 0 atom stereocenters. The van der Waals surface area contributed by atoms with Gasteiger partial charge in [0.25, 0.3) is 0 Å². The van der Waals surface area contributed by atoms with Crippen molar-refractivity contribution in [1.29, 1.82) is 0 Å². The van der Waals surface area contributed by atoms with Gasteiger partial charge in [0.15, 0.2) is 5.16 Å². The molecule has 1 N–H and O–H groups in total. The van der Waals surface area contributed by atoms with Crippen LogP contribution in [-0.2, 0) is 4.79 Å². The van der Waals surface area contributed by atoms with E-state index in [2.05, 4.69) is 24.8 Å². The summed E-state index contributed by atoms with van der Waals surface area (Å²) in [7, 11) is 0. The Labute approximate surface area is 161 Å². The van der Waals surface area contributed by atoms with Gasteiger partial charge in [-0.2, -0.15) is 0 Å². The molecule has 0 spiro atoms. The third kappa shape index (κ3) is 4.28. The van der Waals surface area contributed by atoms with Crippen molar-refractivity contribution in [1.82, 2.24) is 24.8 Å². The molecule has 0 unspecified atom stereocenters. The number of carbonyl (C=O) groups is 1. The van der Waals surface area contributed by atoms with Crippen molar-refractivity contribution >= 4 is 23.5 Å². The van der Waals surface area contributed by atoms with Crippen LogP contribution in [0.2, 0.25) is 0 Å². The third-order valence-corrected chi connectivity index (χ3v) is 5.35. The molecule has 0 radical (unpaired) electrons. The van der Waals surface area contributed by atoms with Gasteiger partial charge in [-0.25, -0.2) is 9.97 Å². The number of thioether (sulfide) groups is 1. The molecular formula is C19H20N6OS. The van der Waals surface area contributed by atoms with E-state index in [0.717, 1.165) is 35.3 Å². The Kier molecular flexibility index (Phi) is 5.34. The van der Waals surface area contributed by atoms with Crippen molar-refractivity contribution in [2.24, 2.45) is 0 Å². The van der Waals surface area contributed by atoms with Crippen LogP contribution in [0.3, 0.4) is 0 Å². The quantitative estimate of drug-likeness (QED) is 0.685. The molecule has 1 amide bonds. The number of H-pyrrole nitrogens is 1. The summed E-state index contributed by atoms with van der Waals surface area (Å²) in [4.78, 5) is 32.6. The molecule has 3 heterocycles. The number of amides is 1. The first kappa shape index (κ1) is 17.5. The lowest BCUT2D eigenvalue weighted by Gasteiger charge is -2.35. The Morgan fingerprint density at radius 1 is 1.04 bits per heavy atom. The largest absolute Gasteiger partial charge is 0.352 e. The summed E-state index contributed by atoms with van der Waals surface area (Å²) in [6.07, 6.45) is 6.92. The van der Waals surface area contributed by atoms with E-state index < -0.39 is 0 Å². The molecule has 1 fully saturated rings. The molecule has 8 heteroatoms. The molecule has 3 aromatic rings. The number of piperazine rings is 1. The number of aromatic amines is 1. The topological polar surface area (TPSA) is 78.0 Å². The minimum Gasteiger partial charge on any atom is -0.352 e. The van der Waals surface area contributed by atoms with Crippen LogP contribution in [0.25, 0.3) is 11.3 Å². The summed E-state index contributed by atoms with van der Waals surface area (Å²) in [5.41, 5.74) is 2.05. The first-order chi connectivity index (χ1) is 13.3. The van der Waals surface area contributed by atoms with Crippen LogP contribution in [0.1, 0.15) is 0 Å². The van der Waals surface area contributed by atoms with Crippen molar-refractivity contribution in [2.75, 3.05) is 36.8 Å². The fourth-order valence-corrected chi connectivity index (χ4v) is 3.75. The molecule has 2 aromatic heterocycles. The van der Waals surface area contributed by atoms with Crippen LogP contribution in [0.5, 0.6) is 0 Å². The predicted molar refractivity (Wildman–Crippen MR) is 106 cm³/mol. The Bertz CT molecular complexity index is 877. The second-order valence-electron chi connectivity index (χ2n) is 6.19. The SMILES string of the molecule is O=C(CSc1ncc(-c2ccccc2)[nH]1)N1CCN(c2cnccn2)CC1. The average molecular weight is 380 g/mol. The zero-order chi connectivity index (χ0) is 18.5. The molecule has 0 saturated carbocycles. The zero-order valence-corrected chi connectivity index (χ0v) is 15.6. The van der Waals surface area contributed by atoms with Gasteiger partial charge in [0.2, 0.25) is 5.91 Å². The highest BCUT2D eigenvalue weighted by Gasteiger charge is 2.22. The predicted octanol–water partition coefficient (Wildman–Crippen LogP) is 2.31. The molecule has 1 aliphatic heterocycles. The Morgan fingerprint density at radius 2 is 1.85 bits per heavy atom. The molecule has 0 bridgehead atoms. The number of benzene rings is 1. The number of aromatic nitrogens is 4. The maximum atomic E-state index is 12.5. The summed E-state index contributed by atoms with van der Waals surface area (Å²) in [6, 6.07) is 10.0. The van der Waals surface area contributed by atoms with E-state index in [1.165, 1.54) is 11.8 Å². The number of carbonyl (C=O) groups excluding carboxylic acids is 1. The summed E-state index contributed by atoms with van der Waals surface area (Å²) < 4.78 is 0. The highest BCUT2D eigenvalue weighted by Crippen LogP contribution is 2.21. The maximum absolute atomic E-state index is 12.5. The van der Waals surface area contributed by atoms with Crippen molar-refractivity contribution in [2.45, 2.75) is 5.16 Å². The van der Waals surface area contributed by atoms with Crippen molar-refractivity contribution in [3.63, 3.8) is 0 Å². The number of nitrogens with zero attached hydrogens (tertiary/aromatic N) is 5. The summed E-state index contributed by atoms with van der Waals surface area (Å²) in [5.74, 6) is 1.38. The Balaban J connectivity index is 1.27. The lowest BCUT2D eigenvalue weighted by atomic mass is 10.2. The highest BCUT2D eigenvalue weighted by atomic mass is 32.2. The van der Waals surface area contributed by atoms with E-state index in [0.29, 0.717) is 18.8 Å². The van der Waals surface area contributed by atoms with Crippen LogP contribution >= 0.6 is 11.8 Å². The molecule has 27 heavy (non-hydrogen) atoms. The second kappa shape index (κ2) is 8.22. The van der Waals surface area contributed by atoms with Crippen LogP contribution in [0, 0.1) is 0 Å². The number of hydrogen-bond acceptors (Lipinski definition) is 6. The van der Waals surface area contributed by atoms with Gasteiger partial charge in [0, 0.05) is 38.6 Å². The number of anilines is 1. The van der Waals surface area contributed by atoms with Crippen LogP contribution in [-0.4, -0.2) is 62.7 Å². The lowest BCUT2D eigenvalue weighted by molar-refractivity contribution is -0.128. The van der Waals surface area contributed by atoms with E-state index in [1.807, 2.05) is 41.4 Å². The third-order valence-electron chi connectivity index (χ3n) is 4.48. The normalized spacial score (nSPS) is 14.4. The molecule has 0 aliphatic carbocycles. The van der Waals surface area contributed by atoms with Gasteiger partial charge in [-0.05, 0) is 5.56 Å². The molecule has 1 aliphatic rings. The van der Waals surface area contributed by atoms with Gasteiger partial charge in [-0.3, -0.25) is 9.78 Å². The van der Waals surface area contributed by atoms with E-state index in [1.54, 1.807) is 18.6 Å². The molecular weight excluding hydrogens is 360 g/mol. The number of rotatable bonds is 5. The molecule has 7 nitrogen and oxygen atoms in total. The number of nitrogens with one attached hydrogen (secondary N) is 1. The van der Waals surface area contributed by atoms with Crippen molar-refractivity contribution < 1.29 is 4.79 Å². The maximum Gasteiger partial charge on any atom is 0.233 e. The summed E-state index contributed by atoms with van der Waals surface area (Å²) in [5, 5.41) is 0.764. The average Bonchev–Trinajstić information content (AvgIpc) is 3.22. The van der Waals surface area contributed by atoms with Gasteiger partial charge in [0.05, 0.1) is 23.8 Å². The standard InChI is InChI=1S/C19H20N6OS/c26-18(25-10-8-24(9-11-25)17-13-20-6-7-21-17)14-27-19-22-12-16(23-19)15-4-2-1-3-5-15/h1-7,12-13H,8-11,14H2,(H,22,23). The van der Waals surface area contributed by atoms with Crippen molar-refractivity contribution in [3.05, 3.63) is 55.1 Å². The first-order valence-corrected chi connectivity index (χ1v) is 9.80. The first-order valence-electron chi connectivity index (χ1n) is 8.81. The van der Waals surface area contributed by atoms with Crippen LogP contribution in [0.15, 0.2) is 60.3 Å². The minimum atomic E-state index is 0.136. The monoisotopic (exact) mass is 380 g/mol. The fourth-order valence-electron chi connectivity index (χ4n) is 3.00. The lowest BCUT2D eigenvalue weighted by Crippen LogP contribution is -2.49. The second-order valence-corrected chi connectivity index (χ2v) is 7.15. The van der Waals surface area contributed by atoms with E-state index in [9.17, 15) is 4.79 Å². The van der Waals surface area contributed by atoms with Gasteiger partial charge in [-0.15, -0.1) is 0 Å². The van der Waals surface area contributed by atoms with E-state index in [4.69, 9.17) is 0 Å². The van der Waals surface area contributed by atoms with Gasteiger partial charge in [0.1, 0.15) is 5.82 Å². The van der Waals surface area contributed by atoms with Crippen molar-refractivity contribution in [3.8, 4) is 11.3 Å². The number of hydrogen-bond donors (Lipinski definition) is 1. The highest BCUT2D eigenvalue weighted by molar-refractivity contribution is 7.99. The molecule has 138 valence electrons. The van der Waals surface area contributed by atoms with Gasteiger partial charge < -0.3 is 14.8 Å². The summed E-state index contributed by atoms with van der Waals surface area (Å²) in [6.45, 7) is 2.94. The van der Waals surface area contributed by atoms with E-state index in [-0.39, 0.29) is 5.91 Å². The smallest absolute Gasteiger partial charge is 0.233 e. The Hall–Kier alpha value is -2.87. The minimum absolute atomic E-state index is 0.136. The number of imidazole rings is 1.